The molecule has 2 rings (SSSR count). The molecule has 0 aliphatic rings. The van der Waals surface area contributed by atoms with Crippen LogP contribution in [0.25, 0.3) is 0 Å². The standard InChI is InChI=1S/C17H17N3O6/c1-9-5-6-11(16(23)26-10(2)14(21)20-17(18)24)8-12(9)19-15(22)13-4-3-7-25-13/h3-8,10H,1-2H3,(H,19,22)(H3,18,20,21,24)/t10-/m1/s1. The van der Waals surface area contributed by atoms with Crippen LogP contribution in [-0.4, -0.2) is 29.9 Å². The van der Waals surface area contributed by atoms with E-state index in [1.165, 1.54) is 31.4 Å². The van der Waals surface area contributed by atoms with Gasteiger partial charge in [-0.2, -0.15) is 0 Å². The molecular formula is C17H17N3O6. The third kappa shape index (κ3) is 4.69. The lowest BCUT2D eigenvalue weighted by molar-refractivity contribution is -0.127. The topological polar surface area (TPSA) is 141 Å². The van der Waals surface area contributed by atoms with E-state index < -0.39 is 29.9 Å². The third-order valence-corrected chi connectivity index (χ3v) is 3.37. The second kappa shape index (κ2) is 7.97. The van der Waals surface area contributed by atoms with Crippen LogP contribution in [0.2, 0.25) is 0 Å². The van der Waals surface area contributed by atoms with Crippen molar-refractivity contribution in [3.8, 4) is 0 Å². The van der Waals surface area contributed by atoms with Gasteiger partial charge in [-0.3, -0.25) is 14.9 Å². The minimum Gasteiger partial charge on any atom is -0.459 e. The van der Waals surface area contributed by atoms with Gasteiger partial charge in [0.2, 0.25) is 0 Å². The van der Waals surface area contributed by atoms with Crippen molar-refractivity contribution in [2.75, 3.05) is 5.32 Å². The third-order valence-electron chi connectivity index (χ3n) is 3.37. The van der Waals surface area contributed by atoms with E-state index in [-0.39, 0.29) is 11.3 Å². The van der Waals surface area contributed by atoms with Gasteiger partial charge in [0.1, 0.15) is 0 Å². The van der Waals surface area contributed by atoms with E-state index >= 15 is 0 Å². The molecule has 1 atom stereocenters. The first-order valence-electron chi connectivity index (χ1n) is 7.54. The van der Waals surface area contributed by atoms with E-state index in [2.05, 4.69) is 5.32 Å². The molecule has 9 nitrogen and oxygen atoms in total. The predicted molar refractivity (Wildman–Crippen MR) is 90.4 cm³/mol. The number of nitrogens with one attached hydrogen (secondary N) is 2. The van der Waals surface area contributed by atoms with Crippen LogP contribution in [-0.2, 0) is 9.53 Å². The van der Waals surface area contributed by atoms with Gasteiger partial charge in [0.25, 0.3) is 11.8 Å². The molecule has 1 aromatic heterocycles. The van der Waals surface area contributed by atoms with E-state index in [1.54, 1.807) is 19.1 Å². The van der Waals surface area contributed by atoms with Crippen molar-refractivity contribution in [1.29, 1.82) is 0 Å². The summed E-state index contributed by atoms with van der Waals surface area (Å²) in [6.07, 6.45) is 0.145. The fourth-order valence-corrected chi connectivity index (χ4v) is 1.98. The molecule has 4 amide bonds. The van der Waals surface area contributed by atoms with Gasteiger partial charge in [-0.05, 0) is 43.7 Å². The molecule has 0 unspecified atom stereocenters. The van der Waals surface area contributed by atoms with E-state index in [1.807, 2.05) is 5.32 Å². The van der Waals surface area contributed by atoms with E-state index in [9.17, 15) is 19.2 Å². The van der Waals surface area contributed by atoms with Gasteiger partial charge in [0.05, 0.1) is 11.8 Å². The number of aryl methyl sites for hydroxylation is 1. The number of imide groups is 1. The maximum absolute atomic E-state index is 12.2. The first kappa shape index (κ1) is 18.7. The van der Waals surface area contributed by atoms with Crippen molar-refractivity contribution in [2.24, 2.45) is 5.73 Å². The first-order valence-corrected chi connectivity index (χ1v) is 7.54. The number of amides is 4. The van der Waals surface area contributed by atoms with Crippen molar-refractivity contribution in [1.82, 2.24) is 5.32 Å². The van der Waals surface area contributed by atoms with E-state index in [0.717, 1.165) is 0 Å². The second-order valence-corrected chi connectivity index (χ2v) is 5.36. The summed E-state index contributed by atoms with van der Waals surface area (Å²) in [6.45, 7) is 3.04. The van der Waals surface area contributed by atoms with Crippen LogP contribution in [0, 0.1) is 6.92 Å². The fourth-order valence-electron chi connectivity index (χ4n) is 1.98. The van der Waals surface area contributed by atoms with Crippen LogP contribution >= 0.6 is 0 Å². The quantitative estimate of drug-likeness (QED) is 0.692. The Kier molecular flexibility index (Phi) is 5.74. The van der Waals surface area contributed by atoms with Gasteiger partial charge in [-0.25, -0.2) is 9.59 Å². The van der Waals surface area contributed by atoms with Crippen LogP contribution in [0.1, 0.15) is 33.4 Å². The van der Waals surface area contributed by atoms with Gasteiger partial charge in [0, 0.05) is 5.69 Å². The highest BCUT2D eigenvalue weighted by molar-refractivity contribution is 6.03. The normalized spacial score (nSPS) is 11.3. The maximum Gasteiger partial charge on any atom is 0.338 e. The zero-order chi connectivity index (χ0) is 19.3. The van der Waals surface area contributed by atoms with Crippen molar-refractivity contribution >= 4 is 29.5 Å². The van der Waals surface area contributed by atoms with Crippen molar-refractivity contribution in [3.63, 3.8) is 0 Å². The zero-order valence-corrected chi connectivity index (χ0v) is 14.1. The van der Waals surface area contributed by atoms with Gasteiger partial charge in [0.15, 0.2) is 11.9 Å². The molecule has 136 valence electrons. The lowest BCUT2D eigenvalue weighted by Crippen LogP contribution is -2.42. The number of urea groups is 1. The highest BCUT2D eigenvalue weighted by Gasteiger charge is 2.21. The lowest BCUT2D eigenvalue weighted by atomic mass is 10.1. The number of nitrogens with two attached hydrogens (primary N) is 1. The Bertz CT molecular complexity index is 844. The Balaban J connectivity index is 2.10. The Morgan fingerprint density at radius 3 is 2.54 bits per heavy atom. The summed E-state index contributed by atoms with van der Waals surface area (Å²) in [6, 6.07) is 6.55. The SMILES string of the molecule is Cc1ccc(C(=O)O[C@H](C)C(=O)NC(N)=O)cc1NC(=O)c1ccco1. The summed E-state index contributed by atoms with van der Waals surface area (Å²) in [5.41, 5.74) is 6.05. The Morgan fingerprint density at radius 2 is 1.92 bits per heavy atom. The predicted octanol–water partition coefficient (Wildman–Crippen LogP) is 1.58. The molecule has 9 heteroatoms. The molecule has 0 fully saturated rings. The molecule has 0 radical (unpaired) electrons. The minimum absolute atomic E-state index is 0.115. The van der Waals surface area contributed by atoms with Crippen molar-refractivity contribution in [3.05, 3.63) is 53.5 Å². The van der Waals surface area contributed by atoms with Crippen molar-refractivity contribution in [2.45, 2.75) is 20.0 Å². The average molecular weight is 359 g/mol. The summed E-state index contributed by atoms with van der Waals surface area (Å²) in [5, 5.41) is 4.45. The number of carbonyl (C=O) groups excluding carboxylic acids is 4. The zero-order valence-electron chi connectivity index (χ0n) is 14.1. The van der Waals surface area contributed by atoms with E-state index in [0.29, 0.717) is 11.3 Å². The molecule has 0 aliphatic carbocycles. The van der Waals surface area contributed by atoms with Gasteiger partial charge in [-0.1, -0.05) is 6.07 Å². The van der Waals surface area contributed by atoms with Crippen LogP contribution < -0.4 is 16.4 Å². The van der Waals surface area contributed by atoms with Gasteiger partial charge >= 0.3 is 12.0 Å². The summed E-state index contributed by atoms with van der Waals surface area (Å²) >= 11 is 0. The highest BCUT2D eigenvalue weighted by atomic mass is 16.5. The molecule has 1 aromatic carbocycles. The van der Waals surface area contributed by atoms with Crippen LogP contribution in [0.5, 0.6) is 0 Å². The first-order chi connectivity index (χ1) is 12.3. The Morgan fingerprint density at radius 1 is 1.19 bits per heavy atom. The lowest BCUT2D eigenvalue weighted by Gasteiger charge is -2.13. The van der Waals surface area contributed by atoms with Crippen LogP contribution in [0.4, 0.5) is 10.5 Å². The molecule has 0 spiro atoms. The number of ether oxygens (including phenoxy) is 1. The van der Waals surface area contributed by atoms with E-state index in [4.69, 9.17) is 14.9 Å². The fraction of sp³-hybridized carbons (Fsp3) is 0.176. The van der Waals surface area contributed by atoms with Crippen LogP contribution in [0.3, 0.4) is 0 Å². The molecular weight excluding hydrogens is 342 g/mol. The molecule has 2 aromatic rings. The maximum atomic E-state index is 12.2. The molecule has 1 heterocycles. The van der Waals surface area contributed by atoms with Crippen molar-refractivity contribution < 1.29 is 28.3 Å². The van der Waals surface area contributed by atoms with Gasteiger partial charge in [-0.15, -0.1) is 0 Å². The largest absolute Gasteiger partial charge is 0.459 e. The number of primary amides is 1. The number of hydrogen-bond acceptors (Lipinski definition) is 6. The number of benzene rings is 1. The molecule has 0 bridgehead atoms. The molecule has 0 aliphatic heterocycles. The number of carbonyl (C=O) groups is 4. The number of anilines is 1. The number of rotatable bonds is 5. The second-order valence-electron chi connectivity index (χ2n) is 5.36. The monoisotopic (exact) mass is 359 g/mol. The number of esters is 1. The smallest absolute Gasteiger partial charge is 0.338 e. The highest BCUT2D eigenvalue weighted by Crippen LogP contribution is 2.19. The molecule has 0 saturated heterocycles. The molecule has 0 saturated carbocycles. The van der Waals surface area contributed by atoms with Crippen LogP contribution in [0.15, 0.2) is 41.0 Å². The Hall–Kier alpha value is -3.62. The minimum atomic E-state index is -1.22. The molecule has 26 heavy (non-hydrogen) atoms. The summed E-state index contributed by atoms with van der Waals surface area (Å²) in [4.78, 5) is 46.4. The molecule has 4 N–H and O–H groups in total. The van der Waals surface area contributed by atoms with Gasteiger partial charge < -0.3 is 20.2 Å². The summed E-state index contributed by atoms with van der Waals surface area (Å²) < 4.78 is 9.99. The summed E-state index contributed by atoms with van der Waals surface area (Å²) in [7, 11) is 0. The average Bonchev–Trinajstić information content (AvgIpc) is 3.10. The Labute approximate surface area is 148 Å². The summed E-state index contributed by atoms with van der Waals surface area (Å²) in [5.74, 6) is -2.00. The number of hydrogen-bond donors (Lipinski definition) is 3. The number of furan rings is 1.